The fourth-order valence-electron chi connectivity index (χ4n) is 3.37. The first-order chi connectivity index (χ1) is 15.0. The van der Waals surface area contributed by atoms with Crippen LogP contribution in [0.3, 0.4) is 0 Å². The molecule has 160 valence electrons. The molecule has 1 aliphatic rings. The Bertz CT molecular complexity index is 1070. The van der Waals surface area contributed by atoms with Crippen LogP contribution in [0.15, 0.2) is 54.6 Å². The molecule has 0 radical (unpaired) electrons. The molecule has 1 saturated heterocycles. The molecule has 31 heavy (non-hydrogen) atoms. The highest BCUT2D eigenvalue weighted by Crippen LogP contribution is 2.24. The van der Waals surface area contributed by atoms with Gasteiger partial charge in [-0.2, -0.15) is 4.98 Å². The number of anilines is 2. The Morgan fingerprint density at radius 2 is 1.74 bits per heavy atom. The van der Waals surface area contributed by atoms with E-state index in [2.05, 4.69) is 20.2 Å². The average Bonchev–Trinajstić information content (AvgIpc) is 2.75. The second-order valence-electron chi connectivity index (χ2n) is 7.44. The van der Waals surface area contributed by atoms with Gasteiger partial charge in [0.05, 0.1) is 0 Å². The minimum absolute atomic E-state index is 0.243. The maximum Gasteiger partial charge on any atom is 0.321 e. The normalized spacial score (nSPS) is 13.8. The zero-order chi connectivity index (χ0) is 21.8. The second-order valence-corrected chi connectivity index (χ2v) is 7.44. The van der Waals surface area contributed by atoms with E-state index in [-0.39, 0.29) is 11.8 Å². The Kier molecular flexibility index (Phi) is 5.97. The second kappa shape index (κ2) is 8.99. The van der Waals surface area contributed by atoms with E-state index in [4.69, 9.17) is 4.74 Å². The van der Waals surface area contributed by atoms with E-state index in [1.807, 2.05) is 44.2 Å². The highest BCUT2D eigenvalue weighted by molar-refractivity contribution is 5.89. The molecule has 0 aliphatic carbocycles. The molecule has 2 aromatic carbocycles. The van der Waals surface area contributed by atoms with Crippen molar-refractivity contribution in [3.05, 3.63) is 71.8 Å². The number of benzene rings is 2. The minimum atomic E-state index is -0.384. The molecule has 0 bridgehead atoms. The number of aryl methyl sites for hydroxylation is 2. The topological polar surface area (TPSA) is 70.6 Å². The lowest BCUT2D eigenvalue weighted by Crippen LogP contribution is -2.50. The van der Waals surface area contributed by atoms with Gasteiger partial charge in [-0.25, -0.2) is 14.2 Å². The molecule has 2 heterocycles. The summed E-state index contributed by atoms with van der Waals surface area (Å²) in [5.41, 5.74) is 1.60. The number of ether oxygens (including phenoxy) is 1. The van der Waals surface area contributed by atoms with Crippen molar-refractivity contribution in [3.8, 4) is 11.6 Å². The van der Waals surface area contributed by atoms with E-state index in [0.717, 1.165) is 11.4 Å². The molecule has 8 heteroatoms. The molecule has 1 aliphatic heterocycles. The highest BCUT2D eigenvalue weighted by atomic mass is 19.1. The quantitative estimate of drug-likeness (QED) is 0.677. The fourth-order valence-corrected chi connectivity index (χ4v) is 3.37. The monoisotopic (exact) mass is 421 g/mol. The molecule has 1 fully saturated rings. The maximum absolute atomic E-state index is 13.3. The van der Waals surface area contributed by atoms with Gasteiger partial charge in [0.25, 0.3) is 0 Å². The van der Waals surface area contributed by atoms with Gasteiger partial charge in [-0.15, -0.1) is 0 Å². The van der Waals surface area contributed by atoms with Crippen molar-refractivity contribution >= 4 is 17.5 Å². The van der Waals surface area contributed by atoms with Gasteiger partial charge in [-0.3, -0.25) is 0 Å². The number of piperazine rings is 1. The summed E-state index contributed by atoms with van der Waals surface area (Å²) in [6.07, 6.45) is 0. The molecule has 0 atom stereocenters. The Hall–Kier alpha value is -3.68. The Balaban J connectivity index is 1.38. The molecular weight excluding hydrogens is 397 g/mol. The van der Waals surface area contributed by atoms with Gasteiger partial charge >= 0.3 is 6.03 Å². The Morgan fingerprint density at radius 1 is 1.00 bits per heavy atom. The third kappa shape index (κ3) is 5.28. The van der Waals surface area contributed by atoms with E-state index < -0.39 is 0 Å². The number of hydrogen-bond acceptors (Lipinski definition) is 5. The van der Waals surface area contributed by atoms with Crippen LogP contribution in [-0.4, -0.2) is 47.1 Å². The molecule has 1 N–H and O–H groups in total. The number of hydrogen-bond donors (Lipinski definition) is 1. The molecule has 4 rings (SSSR count). The van der Waals surface area contributed by atoms with Gasteiger partial charge in [0.2, 0.25) is 5.88 Å². The smallest absolute Gasteiger partial charge is 0.321 e. The number of urea groups is 1. The Labute approximate surface area is 180 Å². The average molecular weight is 421 g/mol. The Morgan fingerprint density at radius 3 is 2.45 bits per heavy atom. The zero-order valence-corrected chi connectivity index (χ0v) is 17.5. The van der Waals surface area contributed by atoms with Crippen LogP contribution in [0.5, 0.6) is 11.6 Å². The summed E-state index contributed by atoms with van der Waals surface area (Å²) in [7, 11) is 0. The fraction of sp³-hybridized carbons (Fsp3) is 0.261. The first kappa shape index (κ1) is 20.6. The first-order valence-electron chi connectivity index (χ1n) is 10.1. The summed E-state index contributed by atoms with van der Waals surface area (Å²) in [6, 6.07) is 15.2. The van der Waals surface area contributed by atoms with E-state index in [1.54, 1.807) is 17.0 Å². The molecule has 0 unspecified atom stereocenters. The summed E-state index contributed by atoms with van der Waals surface area (Å²) in [5, 5.41) is 2.74. The lowest BCUT2D eigenvalue weighted by molar-refractivity contribution is 0.208. The van der Waals surface area contributed by atoms with Crippen molar-refractivity contribution in [2.75, 3.05) is 36.4 Å². The van der Waals surface area contributed by atoms with E-state index in [0.29, 0.717) is 49.3 Å². The van der Waals surface area contributed by atoms with Crippen LogP contribution in [0.2, 0.25) is 0 Å². The number of carbonyl (C=O) groups excluding carboxylic acids is 1. The van der Waals surface area contributed by atoms with Gasteiger partial charge in [-0.1, -0.05) is 23.8 Å². The van der Waals surface area contributed by atoms with Crippen LogP contribution < -0.4 is 15.0 Å². The van der Waals surface area contributed by atoms with Crippen LogP contribution in [0.1, 0.15) is 11.4 Å². The van der Waals surface area contributed by atoms with Crippen LogP contribution in [0.25, 0.3) is 0 Å². The summed E-state index contributed by atoms with van der Waals surface area (Å²) >= 11 is 0. The standard InChI is InChI=1S/C23H24FN5O2/c1-16-6-8-20(9-7-16)31-22-15-21(25-17(2)26-22)28-10-12-29(13-11-28)23(30)27-19-5-3-4-18(24)14-19/h3-9,14-15H,10-13H2,1-2H3,(H,27,30). The number of aromatic nitrogens is 2. The third-order valence-corrected chi connectivity index (χ3v) is 5.01. The first-order valence-corrected chi connectivity index (χ1v) is 10.1. The van der Waals surface area contributed by atoms with E-state index >= 15 is 0 Å². The zero-order valence-electron chi connectivity index (χ0n) is 17.5. The van der Waals surface area contributed by atoms with Crippen molar-refractivity contribution in [2.24, 2.45) is 0 Å². The van der Waals surface area contributed by atoms with Crippen molar-refractivity contribution < 1.29 is 13.9 Å². The van der Waals surface area contributed by atoms with Crippen LogP contribution in [-0.2, 0) is 0 Å². The molecule has 0 saturated carbocycles. The summed E-state index contributed by atoms with van der Waals surface area (Å²) in [4.78, 5) is 25.2. The van der Waals surface area contributed by atoms with Gasteiger partial charge < -0.3 is 19.9 Å². The molecule has 7 nitrogen and oxygen atoms in total. The number of halogens is 1. The lowest BCUT2D eigenvalue weighted by Gasteiger charge is -2.35. The van der Waals surface area contributed by atoms with Crippen molar-refractivity contribution in [3.63, 3.8) is 0 Å². The molecule has 2 amide bonds. The van der Waals surface area contributed by atoms with Crippen LogP contribution >= 0.6 is 0 Å². The molecular formula is C23H24FN5O2. The van der Waals surface area contributed by atoms with E-state index in [9.17, 15) is 9.18 Å². The molecule has 0 spiro atoms. The van der Waals surface area contributed by atoms with Crippen LogP contribution in [0.4, 0.5) is 20.7 Å². The number of nitrogens with zero attached hydrogens (tertiary/aromatic N) is 4. The third-order valence-electron chi connectivity index (χ3n) is 5.01. The predicted molar refractivity (Wildman–Crippen MR) is 117 cm³/mol. The largest absolute Gasteiger partial charge is 0.439 e. The van der Waals surface area contributed by atoms with Gasteiger partial charge in [-0.05, 0) is 44.2 Å². The maximum atomic E-state index is 13.3. The summed E-state index contributed by atoms with van der Waals surface area (Å²) in [5.74, 6) is 2.20. The molecule has 3 aromatic rings. The highest BCUT2D eigenvalue weighted by Gasteiger charge is 2.23. The van der Waals surface area contributed by atoms with Crippen molar-refractivity contribution in [1.29, 1.82) is 0 Å². The summed E-state index contributed by atoms with van der Waals surface area (Å²) in [6.45, 7) is 6.15. The van der Waals surface area contributed by atoms with Gasteiger partial charge in [0.1, 0.15) is 23.2 Å². The van der Waals surface area contributed by atoms with Gasteiger partial charge in [0, 0.05) is 37.9 Å². The lowest BCUT2D eigenvalue weighted by atomic mass is 10.2. The number of amides is 2. The number of nitrogens with one attached hydrogen (secondary N) is 1. The van der Waals surface area contributed by atoms with E-state index in [1.165, 1.54) is 12.1 Å². The van der Waals surface area contributed by atoms with Crippen molar-refractivity contribution in [2.45, 2.75) is 13.8 Å². The number of carbonyl (C=O) groups is 1. The van der Waals surface area contributed by atoms with Gasteiger partial charge in [0.15, 0.2) is 0 Å². The minimum Gasteiger partial charge on any atom is -0.439 e. The van der Waals surface area contributed by atoms with Crippen molar-refractivity contribution in [1.82, 2.24) is 14.9 Å². The number of rotatable bonds is 4. The summed E-state index contributed by atoms with van der Waals surface area (Å²) < 4.78 is 19.2. The van der Waals surface area contributed by atoms with Crippen LogP contribution in [0, 0.1) is 19.7 Å². The predicted octanol–water partition coefficient (Wildman–Crippen LogP) is 4.38. The molecule has 1 aromatic heterocycles. The SMILES string of the molecule is Cc1ccc(Oc2cc(N3CCN(C(=O)Nc4cccc(F)c4)CC3)nc(C)n2)cc1.